The number of esters is 2. The zero-order chi connectivity index (χ0) is 11.0. The Bertz CT molecular complexity index is 231. The van der Waals surface area contributed by atoms with Crippen LogP contribution in [0.4, 0.5) is 0 Å². The zero-order valence-electron chi connectivity index (χ0n) is 8.28. The van der Waals surface area contributed by atoms with Gasteiger partial charge < -0.3 is 14.6 Å². The molecule has 80 valence electrons. The van der Waals surface area contributed by atoms with Gasteiger partial charge in [-0.15, -0.1) is 0 Å². The Morgan fingerprint density at radius 2 is 1.79 bits per heavy atom. The maximum Gasteiger partial charge on any atom is 0.336 e. The van der Waals surface area contributed by atoms with E-state index in [0.717, 1.165) is 6.08 Å². The van der Waals surface area contributed by atoms with Crippen molar-refractivity contribution in [3.05, 3.63) is 11.6 Å². The number of ether oxygens (including phenoxy) is 2. The van der Waals surface area contributed by atoms with E-state index in [1.165, 1.54) is 0 Å². The minimum atomic E-state index is -0.706. The van der Waals surface area contributed by atoms with E-state index in [1.807, 2.05) is 0 Å². The molecule has 0 heterocycles. The van der Waals surface area contributed by atoms with Crippen LogP contribution in [0.3, 0.4) is 0 Å². The van der Waals surface area contributed by atoms with E-state index in [9.17, 15) is 9.59 Å². The third-order valence-corrected chi connectivity index (χ3v) is 1.29. The highest BCUT2D eigenvalue weighted by Gasteiger charge is 2.11. The summed E-state index contributed by atoms with van der Waals surface area (Å²) in [4.78, 5) is 22.0. The first-order valence-corrected chi connectivity index (χ1v) is 4.31. The van der Waals surface area contributed by atoms with Gasteiger partial charge in [-0.3, -0.25) is 0 Å². The van der Waals surface area contributed by atoms with Crippen molar-refractivity contribution in [2.75, 3.05) is 19.8 Å². The molecule has 0 aliphatic heterocycles. The fraction of sp³-hybridized carbons (Fsp3) is 0.556. The van der Waals surface area contributed by atoms with Gasteiger partial charge in [0.05, 0.1) is 25.4 Å². The van der Waals surface area contributed by atoms with Crippen LogP contribution in [0.1, 0.15) is 13.8 Å². The molecule has 0 saturated heterocycles. The largest absolute Gasteiger partial charge is 0.463 e. The monoisotopic (exact) mass is 202 g/mol. The molecule has 0 spiro atoms. The molecule has 0 radical (unpaired) electrons. The second kappa shape index (κ2) is 7.08. The second-order valence-electron chi connectivity index (χ2n) is 2.30. The number of hydrogen-bond donors (Lipinski definition) is 1. The van der Waals surface area contributed by atoms with E-state index < -0.39 is 18.5 Å². The van der Waals surface area contributed by atoms with Crippen LogP contribution in [-0.2, 0) is 19.1 Å². The van der Waals surface area contributed by atoms with Gasteiger partial charge in [0.2, 0.25) is 0 Å². The lowest BCUT2D eigenvalue weighted by atomic mass is 10.2. The number of aliphatic hydroxyl groups excluding tert-OH is 1. The quantitative estimate of drug-likeness (QED) is 0.503. The van der Waals surface area contributed by atoms with Crippen molar-refractivity contribution in [2.45, 2.75) is 13.8 Å². The Morgan fingerprint density at radius 3 is 2.21 bits per heavy atom. The molecule has 0 bridgehead atoms. The number of carbonyl (C=O) groups excluding carboxylic acids is 2. The standard InChI is InChI=1S/C9H14O5/c1-3-13-8(11)5-7(6-10)9(12)14-4-2/h5,10H,3-4,6H2,1-2H3/b7-5-. The summed E-state index contributed by atoms with van der Waals surface area (Å²) >= 11 is 0. The summed E-state index contributed by atoms with van der Waals surface area (Å²) in [5.74, 6) is -1.37. The van der Waals surface area contributed by atoms with Gasteiger partial charge in [0, 0.05) is 6.08 Å². The lowest BCUT2D eigenvalue weighted by Crippen LogP contribution is -2.13. The summed E-state index contributed by atoms with van der Waals surface area (Å²) in [6.45, 7) is 3.15. The van der Waals surface area contributed by atoms with Crippen molar-refractivity contribution >= 4 is 11.9 Å². The molecule has 0 aromatic carbocycles. The minimum absolute atomic E-state index is 0.106. The maximum atomic E-state index is 11.1. The first kappa shape index (κ1) is 12.6. The molecule has 0 fully saturated rings. The molecule has 0 rings (SSSR count). The van der Waals surface area contributed by atoms with Gasteiger partial charge in [0.25, 0.3) is 0 Å². The van der Waals surface area contributed by atoms with Crippen LogP contribution in [0.5, 0.6) is 0 Å². The van der Waals surface area contributed by atoms with Crippen LogP contribution < -0.4 is 0 Å². The summed E-state index contributed by atoms with van der Waals surface area (Å²) in [5.41, 5.74) is -0.106. The fourth-order valence-corrected chi connectivity index (χ4v) is 0.719. The van der Waals surface area contributed by atoms with Crippen molar-refractivity contribution in [1.29, 1.82) is 0 Å². The molecule has 0 aromatic rings. The van der Waals surface area contributed by atoms with E-state index in [-0.39, 0.29) is 18.8 Å². The molecule has 0 aliphatic carbocycles. The SMILES string of the molecule is CCOC(=O)/C=C(/CO)C(=O)OCC. The fourth-order valence-electron chi connectivity index (χ4n) is 0.719. The predicted molar refractivity (Wildman–Crippen MR) is 48.4 cm³/mol. The Morgan fingerprint density at radius 1 is 1.21 bits per heavy atom. The van der Waals surface area contributed by atoms with Gasteiger partial charge in [-0.25, -0.2) is 9.59 Å². The van der Waals surface area contributed by atoms with Crippen molar-refractivity contribution in [1.82, 2.24) is 0 Å². The molecule has 0 saturated carbocycles. The summed E-state index contributed by atoms with van der Waals surface area (Å²) in [5, 5.41) is 8.76. The summed E-state index contributed by atoms with van der Waals surface area (Å²) in [7, 11) is 0. The second-order valence-corrected chi connectivity index (χ2v) is 2.30. The number of aliphatic hydroxyl groups is 1. The lowest BCUT2D eigenvalue weighted by molar-refractivity contribution is -0.141. The maximum absolute atomic E-state index is 11.1. The third-order valence-electron chi connectivity index (χ3n) is 1.29. The molecule has 0 aromatic heterocycles. The third kappa shape index (κ3) is 4.61. The average molecular weight is 202 g/mol. The van der Waals surface area contributed by atoms with Gasteiger partial charge in [0.1, 0.15) is 0 Å². The lowest BCUT2D eigenvalue weighted by Gasteiger charge is -2.03. The highest BCUT2D eigenvalue weighted by molar-refractivity contribution is 5.96. The molecular formula is C9H14O5. The topological polar surface area (TPSA) is 72.8 Å². The summed E-state index contributed by atoms with van der Waals surface area (Å²) in [6.07, 6.45) is 0.932. The average Bonchev–Trinajstić information content (AvgIpc) is 2.15. The van der Waals surface area contributed by atoms with Gasteiger partial charge in [-0.05, 0) is 13.8 Å². The summed E-state index contributed by atoms with van der Waals surface area (Å²) < 4.78 is 9.17. The van der Waals surface area contributed by atoms with Gasteiger partial charge in [0.15, 0.2) is 0 Å². The van der Waals surface area contributed by atoms with E-state index in [2.05, 4.69) is 9.47 Å². The van der Waals surface area contributed by atoms with Crippen LogP contribution in [0, 0.1) is 0 Å². The Labute approximate surface area is 82.3 Å². The van der Waals surface area contributed by atoms with Crippen molar-refractivity contribution in [3.63, 3.8) is 0 Å². The van der Waals surface area contributed by atoms with E-state index in [4.69, 9.17) is 5.11 Å². The smallest absolute Gasteiger partial charge is 0.336 e. The highest BCUT2D eigenvalue weighted by Crippen LogP contribution is 1.98. The van der Waals surface area contributed by atoms with Crippen LogP contribution in [0.15, 0.2) is 11.6 Å². The van der Waals surface area contributed by atoms with Crippen molar-refractivity contribution < 1.29 is 24.2 Å². The first-order chi connectivity index (χ1) is 6.65. The predicted octanol–water partition coefficient (Wildman–Crippen LogP) is 0.0313. The Kier molecular flexibility index (Phi) is 6.39. The van der Waals surface area contributed by atoms with Gasteiger partial charge in [-0.1, -0.05) is 0 Å². The molecule has 0 amide bonds. The van der Waals surface area contributed by atoms with Gasteiger partial charge in [-0.2, -0.15) is 0 Å². The zero-order valence-corrected chi connectivity index (χ0v) is 8.28. The van der Waals surface area contributed by atoms with E-state index in [0.29, 0.717) is 0 Å². The summed E-state index contributed by atoms with van der Waals surface area (Å²) in [6, 6.07) is 0. The number of hydrogen-bond acceptors (Lipinski definition) is 5. The first-order valence-electron chi connectivity index (χ1n) is 4.31. The van der Waals surface area contributed by atoms with Crippen LogP contribution in [0.2, 0.25) is 0 Å². The Balaban J connectivity index is 4.38. The Hall–Kier alpha value is -1.36. The van der Waals surface area contributed by atoms with Crippen molar-refractivity contribution in [2.24, 2.45) is 0 Å². The van der Waals surface area contributed by atoms with E-state index >= 15 is 0 Å². The highest BCUT2D eigenvalue weighted by atomic mass is 16.5. The molecule has 0 unspecified atom stereocenters. The van der Waals surface area contributed by atoms with Crippen LogP contribution in [0.25, 0.3) is 0 Å². The molecule has 0 aliphatic rings. The normalized spacial score (nSPS) is 10.9. The van der Waals surface area contributed by atoms with Crippen molar-refractivity contribution in [3.8, 4) is 0 Å². The molecular weight excluding hydrogens is 188 g/mol. The van der Waals surface area contributed by atoms with Crippen LogP contribution >= 0.6 is 0 Å². The molecule has 1 N–H and O–H groups in total. The molecule has 0 atom stereocenters. The minimum Gasteiger partial charge on any atom is -0.463 e. The molecule has 5 heteroatoms. The van der Waals surface area contributed by atoms with Gasteiger partial charge >= 0.3 is 11.9 Å². The number of rotatable bonds is 5. The van der Waals surface area contributed by atoms with E-state index in [1.54, 1.807) is 13.8 Å². The molecule has 14 heavy (non-hydrogen) atoms. The van der Waals surface area contributed by atoms with Crippen LogP contribution in [-0.4, -0.2) is 36.9 Å². The molecule has 5 nitrogen and oxygen atoms in total. The number of carbonyl (C=O) groups is 2.